The molecule has 1 fully saturated rings. The van der Waals surface area contributed by atoms with Crippen molar-refractivity contribution in [2.45, 2.75) is 31.5 Å². The summed E-state index contributed by atoms with van der Waals surface area (Å²) in [5.41, 5.74) is 6.53. The zero-order valence-electron chi connectivity index (χ0n) is 9.71. The number of anilines is 1. The molecule has 17 heavy (non-hydrogen) atoms. The molecule has 1 saturated heterocycles. The Hall–Kier alpha value is -0.840. The van der Waals surface area contributed by atoms with Crippen molar-refractivity contribution in [2.75, 3.05) is 11.9 Å². The molecule has 5 heteroatoms. The van der Waals surface area contributed by atoms with E-state index in [-0.39, 0.29) is 16.7 Å². The third-order valence-electron chi connectivity index (χ3n) is 3.05. The van der Waals surface area contributed by atoms with Crippen LogP contribution in [0.25, 0.3) is 0 Å². The van der Waals surface area contributed by atoms with Gasteiger partial charge in [-0.15, -0.1) is 0 Å². The molecule has 1 aromatic rings. The second-order valence-electron chi connectivity index (χ2n) is 4.74. The molecular weight excluding hydrogens is 241 g/mol. The van der Waals surface area contributed by atoms with Crippen molar-refractivity contribution < 1.29 is 4.39 Å². The van der Waals surface area contributed by atoms with Crippen LogP contribution in [0.4, 0.5) is 10.1 Å². The molecule has 2 unspecified atom stereocenters. The van der Waals surface area contributed by atoms with Crippen molar-refractivity contribution in [2.24, 2.45) is 5.73 Å². The number of hydrogen-bond acceptors (Lipinski definition) is 2. The zero-order valence-corrected chi connectivity index (χ0v) is 10.5. The predicted octanol–water partition coefficient (Wildman–Crippen LogP) is 2.33. The number of rotatable bonds is 2. The van der Waals surface area contributed by atoms with E-state index < -0.39 is 5.82 Å². The minimum Gasteiger partial charge on any atom is -0.380 e. The fraction of sp³-hybridized carbons (Fsp3) is 0.500. The Morgan fingerprint density at radius 1 is 1.59 bits per heavy atom. The van der Waals surface area contributed by atoms with Crippen LogP contribution in [-0.2, 0) is 0 Å². The lowest BCUT2D eigenvalue weighted by Crippen LogP contribution is -2.51. The highest BCUT2D eigenvalue weighted by molar-refractivity contribution is 6.31. The van der Waals surface area contributed by atoms with Crippen molar-refractivity contribution in [3.8, 4) is 0 Å². The molecule has 0 spiro atoms. The number of nitrogens with two attached hydrogens (primary N) is 1. The van der Waals surface area contributed by atoms with Gasteiger partial charge in [0.15, 0.2) is 0 Å². The van der Waals surface area contributed by atoms with Gasteiger partial charge >= 0.3 is 0 Å². The minimum absolute atomic E-state index is 0.109. The minimum atomic E-state index is -0.405. The van der Waals surface area contributed by atoms with Crippen molar-refractivity contribution in [3.63, 3.8) is 0 Å². The van der Waals surface area contributed by atoms with Gasteiger partial charge in [-0.1, -0.05) is 11.6 Å². The number of halogens is 2. The number of hydrogen-bond donors (Lipinski definition) is 2. The average molecular weight is 257 g/mol. The molecule has 0 aromatic heterocycles. The number of nitrogens with one attached hydrogen (secondary N) is 1. The lowest BCUT2D eigenvalue weighted by Gasteiger charge is -2.38. The quantitative estimate of drug-likeness (QED) is 0.853. The molecule has 93 valence electrons. The highest BCUT2D eigenvalue weighted by Crippen LogP contribution is 2.27. The fourth-order valence-corrected chi connectivity index (χ4v) is 2.32. The zero-order chi connectivity index (χ0) is 12.5. The van der Waals surface area contributed by atoms with Gasteiger partial charge in [0.2, 0.25) is 0 Å². The maximum absolute atomic E-state index is 13.0. The summed E-state index contributed by atoms with van der Waals surface area (Å²) < 4.78 is 13.0. The number of piperidine rings is 1. The summed E-state index contributed by atoms with van der Waals surface area (Å²) in [5.74, 6) is -0.405. The smallest absolute Gasteiger partial charge is 0.141 e. The predicted molar refractivity (Wildman–Crippen MR) is 67.6 cm³/mol. The Kier molecular flexibility index (Phi) is 3.56. The Balaban J connectivity index is 2.11. The monoisotopic (exact) mass is 256 g/mol. The third-order valence-corrected chi connectivity index (χ3v) is 3.34. The van der Waals surface area contributed by atoms with E-state index in [1.807, 2.05) is 0 Å². The maximum atomic E-state index is 13.0. The first-order valence-corrected chi connectivity index (χ1v) is 6.02. The van der Waals surface area contributed by atoms with Crippen LogP contribution in [0.3, 0.4) is 0 Å². The second kappa shape index (κ2) is 4.80. The summed E-state index contributed by atoms with van der Waals surface area (Å²) in [4.78, 5) is 0. The summed E-state index contributed by atoms with van der Waals surface area (Å²) in [5, 5.41) is 7.74. The Morgan fingerprint density at radius 3 is 3.00 bits per heavy atom. The van der Waals surface area contributed by atoms with E-state index in [1.165, 1.54) is 6.07 Å². The van der Waals surface area contributed by atoms with E-state index in [2.05, 4.69) is 17.6 Å². The summed E-state index contributed by atoms with van der Waals surface area (Å²) in [6.07, 6.45) is 1.55. The molecule has 0 aliphatic carbocycles. The van der Waals surface area contributed by atoms with Crippen LogP contribution >= 0.6 is 11.6 Å². The molecule has 3 N–H and O–H groups in total. The average Bonchev–Trinajstić information content (AvgIpc) is 2.22. The van der Waals surface area contributed by atoms with E-state index >= 15 is 0 Å². The topological polar surface area (TPSA) is 52.2 Å². The molecule has 1 aromatic carbocycles. The summed E-state index contributed by atoms with van der Waals surface area (Å²) in [6, 6.07) is 4.64. The largest absolute Gasteiger partial charge is 0.380 e. The van der Waals surface area contributed by atoms with Crippen molar-refractivity contribution in [3.05, 3.63) is 29.0 Å². The Labute approximate surface area is 106 Å². The van der Waals surface area contributed by atoms with Crippen molar-refractivity contribution in [1.82, 2.24) is 5.32 Å². The van der Waals surface area contributed by atoms with Crippen LogP contribution in [0.5, 0.6) is 0 Å². The van der Waals surface area contributed by atoms with E-state index in [1.54, 1.807) is 12.1 Å². The summed E-state index contributed by atoms with van der Waals surface area (Å²) in [7, 11) is 0. The first-order valence-electron chi connectivity index (χ1n) is 5.64. The molecule has 2 rings (SSSR count). The molecule has 3 nitrogen and oxygen atoms in total. The second-order valence-corrected chi connectivity index (χ2v) is 5.15. The maximum Gasteiger partial charge on any atom is 0.141 e. The molecule has 1 aliphatic heterocycles. The van der Waals surface area contributed by atoms with Gasteiger partial charge in [0.05, 0.1) is 11.2 Å². The van der Waals surface area contributed by atoms with Crippen LogP contribution in [0.2, 0.25) is 5.02 Å². The molecule has 2 atom stereocenters. The van der Waals surface area contributed by atoms with E-state index in [0.29, 0.717) is 0 Å². The first-order chi connectivity index (χ1) is 7.98. The standard InChI is InChI=1S/C12H16ClFN3/c1-12(4-5-16-11(15)7-12)17-8-2-3-10(14)9(13)6-8/h2-3,6,11,17H,4-5,7,15H2,1H3. The lowest BCUT2D eigenvalue weighted by molar-refractivity contribution is 0.294. The summed E-state index contributed by atoms with van der Waals surface area (Å²) in [6.45, 7) is 2.85. The molecule has 1 heterocycles. The SMILES string of the molecule is CC1(Nc2ccc(F)c(Cl)c2)CC[N]C(N)C1. The highest BCUT2D eigenvalue weighted by Gasteiger charge is 2.31. The van der Waals surface area contributed by atoms with Crippen LogP contribution in [0, 0.1) is 5.82 Å². The van der Waals surface area contributed by atoms with Crippen LogP contribution < -0.4 is 16.4 Å². The van der Waals surface area contributed by atoms with Crippen LogP contribution in [-0.4, -0.2) is 18.2 Å². The van der Waals surface area contributed by atoms with E-state index in [9.17, 15) is 4.39 Å². The van der Waals surface area contributed by atoms with Crippen LogP contribution in [0.1, 0.15) is 19.8 Å². The van der Waals surface area contributed by atoms with Crippen molar-refractivity contribution in [1.29, 1.82) is 0 Å². The lowest BCUT2D eigenvalue weighted by atomic mass is 9.88. The number of nitrogens with zero attached hydrogens (tertiary/aromatic N) is 1. The van der Waals surface area contributed by atoms with Crippen molar-refractivity contribution >= 4 is 17.3 Å². The van der Waals surface area contributed by atoms with Gasteiger partial charge in [0, 0.05) is 17.8 Å². The third kappa shape index (κ3) is 3.09. The molecule has 0 amide bonds. The van der Waals surface area contributed by atoms with Gasteiger partial charge in [-0.05, 0) is 38.0 Å². The molecule has 0 bridgehead atoms. The molecule has 0 saturated carbocycles. The van der Waals surface area contributed by atoms with Gasteiger partial charge in [-0.3, -0.25) is 0 Å². The Morgan fingerprint density at radius 2 is 2.35 bits per heavy atom. The normalized spacial score (nSPS) is 29.1. The van der Waals surface area contributed by atoms with Gasteiger partial charge < -0.3 is 11.1 Å². The first kappa shape index (κ1) is 12.6. The van der Waals surface area contributed by atoms with E-state index in [0.717, 1.165) is 25.1 Å². The van der Waals surface area contributed by atoms with Gasteiger partial charge in [0.25, 0.3) is 0 Å². The van der Waals surface area contributed by atoms with E-state index in [4.69, 9.17) is 17.3 Å². The number of benzene rings is 1. The van der Waals surface area contributed by atoms with Crippen LogP contribution in [0.15, 0.2) is 18.2 Å². The fourth-order valence-electron chi connectivity index (χ4n) is 2.14. The Bertz CT molecular complexity index is 413. The molecule has 1 radical (unpaired) electrons. The molecule has 1 aliphatic rings. The summed E-state index contributed by atoms with van der Waals surface area (Å²) >= 11 is 5.75. The van der Waals surface area contributed by atoms with Gasteiger partial charge in [-0.25, -0.2) is 9.71 Å². The van der Waals surface area contributed by atoms with Gasteiger partial charge in [0.1, 0.15) is 5.82 Å². The molecular formula is C12H16ClFN3. The highest BCUT2D eigenvalue weighted by atomic mass is 35.5. The van der Waals surface area contributed by atoms with Gasteiger partial charge in [-0.2, -0.15) is 0 Å².